The van der Waals surface area contributed by atoms with Crippen molar-refractivity contribution in [3.8, 4) is 0 Å². The first kappa shape index (κ1) is 12.8. The van der Waals surface area contributed by atoms with Crippen molar-refractivity contribution in [3.63, 3.8) is 0 Å². The van der Waals surface area contributed by atoms with Gasteiger partial charge < -0.3 is 5.32 Å². The molecule has 0 saturated carbocycles. The van der Waals surface area contributed by atoms with Gasteiger partial charge in [0.15, 0.2) is 0 Å². The molecule has 1 N–H and O–H groups in total. The summed E-state index contributed by atoms with van der Waals surface area (Å²) in [5.74, 6) is -0.368. The number of pyridine rings is 1. The number of hydrogen-bond acceptors (Lipinski definition) is 4. The average Bonchev–Trinajstić information content (AvgIpc) is 2.91. The summed E-state index contributed by atoms with van der Waals surface area (Å²) in [6, 6.07) is 11.8. The molecule has 21 heavy (non-hydrogen) atoms. The molecular formula is C14H10N4O3. The molecule has 0 radical (unpaired) electrons. The van der Waals surface area contributed by atoms with E-state index in [0.717, 1.165) is 0 Å². The van der Waals surface area contributed by atoms with Gasteiger partial charge in [-0.3, -0.25) is 19.3 Å². The Morgan fingerprint density at radius 1 is 1.14 bits per heavy atom. The Hall–Kier alpha value is -3.22. The summed E-state index contributed by atoms with van der Waals surface area (Å²) < 4.78 is 1.46. The standard InChI is InChI=1S/C14H10N4O3/c19-14(15-10-4-2-1-3-5-10)12-9-17-8-11(18(20)21)6-7-13(17)16-12/h1-9H,(H,15,19). The first-order chi connectivity index (χ1) is 10.1. The van der Waals surface area contributed by atoms with Gasteiger partial charge in [-0.05, 0) is 18.2 Å². The monoisotopic (exact) mass is 282 g/mol. The predicted molar refractivity (Wildman–Crippen MR) is 76.2 cm³/mol. The number of anilines is 1. The van der Waals surface area contributed by atoms with Crippen LogP contribution < -0.4 is 5.32 Å². The van der Waals surface area contributed by atoms with Gasteiger partial charge in [-0.25, -0.2) is 4.98 Å². The van der Waals surface area contributed by atoms with E-state index in [4.69, 9.17) is 0 Å². The van der Waals surface area contributed by atoms with Gasteiger partial charge in [0.1, 0.15) is 11.3 Å². The van der Waals surface area contributed by atoms with Gasteiger partial charge in [-0.2, -0.15) is 0 Å². The van der Waals surface area contributed by atoms with Gasteiger partial charge in [-0.15, -0.1) is 0 Å². The van der Waals surface area contributed by atoms with Gasteiger partial charge in [0, 0.05) is 18.0 Å². The van der Waals surface area contributed by atoms with Crippen LogP contribution in [0.2, 0.25) is 0 Å². The fraction of sp³-hybridized carbons (Fsp3) is 0. The second-order valence-corrected chi connectivity index (χ2v) is 4.36. The van der Waals surface area contributed by atoms with E-state index >= 15 is 0 Å². The molecule has 0 saturated heterocycles. The number of carbonyl (C=O) groups excluding carboxylic acids is 1. The third kappa shape index (κ3) is 2.57. The third-order valence-electron chi connectivity index (χ3n) is 2.91. The molecule has 2 aromatic heterocycles. The summed E-state index contributed by atoms with van der Waals surface area (Å²) in [7, 11) is 0. The minimum Gasteiger partial charge on any atom is -0.321 e. The van der Waals surface area contributed by atoms with Crippen LogP contribution in [0.5, 0.6) is 0 Å². The number of nitro groups is 1. The second kappa shape index (κ2) is 5.04. The Morgan fingerprint density at radius 3 is 2.62 bits per heavy atom. The van der Waals surface area contributed by atoms with Crippen LogP contribution in [0.1, 0.15) is 10.5 Å². The summed E-state index contributed by atoms with van der Waals surface area (Å²) in [6.45, 7) is 0. The zero-order chi connectivity index (χ0) is 14.8. The molecule has 7 heteroatoms. The number of carbonyl (C=O) groups is 1. The number of amides is 1. The summed E-state index contributed by atoms with van der Waals surface area (Å²) in [5, 5.41) is 13.4. The van der Waals surface area contributed by atoms with Crippen molar-refractivity contribution in [2.24, 2.45) is 0 Å². The molecule has 104 valence electrons. The van der Waals surface area contributed by atoms with E-state index in [-0.39, 0.29) is 17.3 Å². The molecule has 0 spiro atoms. The van der Waals surface area contributed by atoms with Crippen LogP contribution in [0.15, 0.2) is 54.9 Å². The van der Waals surface area contributed by atoms with E-state index in [1.54, 1.807) is 12.1 Å². The molecule has 3 rings (SSSR count). The quantitative estimate of drug-likeness (QED) is 0.590. The third-order valence-corrected chi connectivity index (χ3v) is 2.91. The lowest BCUT2D eigenvalue weighted by molar-refractivity contribution is -0.385. The fourth-order valence-corrected chi connectivity index (χ4v) is 1.91. The van der Waals surface area contributed by atoms with Crippen LogP contribution in [0.25, 0.3) is 5.65 Å². The summed E-state index contributed by atoms with van der Waals surface area (Å²) >= 11 is 0. The van der Waals surface area contributed by atoms with Crippen LogP contribution in [0.4, 0.5) is 11.4 Å². The van der Waals surface area contributed by atoms with Gasteiger partial charge in [-0.1, -0.05) is 18.2 Å². The fourth-order valence-electron chi connectivity index (χ4n) is 1.91. The lowest BCUT2D eigenvalue weighted by Crippen LogP contribution is -2.11. The molecule has 7 nitrogen and oxygen atoms in total. The number of aromatic nitrogens is 2. The van der Waals surface area contributed by atoms with Crippen molar-refractivity contribution in [3.05, 3.63) is 70.7 Å². The van der Waals surface area contributed by atoms with Crippen molar-refractivity contribution in [2.75, 3.05) is 5.32 Å². The first-order valence-corrected chi connectivity index (χ1v) is 6.13. The molecule has 0 bridgehead atoms. The topological polar surface area (TPSA) is 89.5 Å². The molecule has 0 aliphatic heterocycles. The highest BCUT2D eigenvalue weighted by atomic mass is 16.6. The molecule has 0 aliphatic carbocycles. The summed E-state index contributed by atoms with van der Waals surface area (Å²) in [4.78, 5) is 26.4. The minimum absolute atomic E-state index is 0.0603. The largest absolute Gasteiger partial charge is 0.321 e. The van der Waals surface area contributed by atoms with E-state index in [9.17, 15) is 14.9 Å². The van der Waals surface area contributed by atoms with E-state index in [1.165, 1.54) is 28.9 Å². The predicted octanol–water partition coefficient (Wildman–Crippen LogP) is 2.49. The Labute approximate surface area is 119 Å². The van der Waals surface area contributed by atoms with Crippen LogP contribution >= 0.6 is 0 Å². The number of fused-ring (bicyclic) bond motifs is 1. The van der Waals surface area contributed by atoms with E-state index in [1.807, 2.05) is 18.2 Å². The molecular weight excluding hydrogens is 272 g/mol. The maximum atomic E-state index is 12.1. The molecule has 0 fully saturated rings. The molecule has 1 amide bonds. The van der Waals surface area contributed by atoms with Crippen molar-refractivity contribution in [1.82, 2.24) is 9.38 Å². The SMILES string of the molecule is O=C(Nc1ccccc1)c1cn2cc([N+](=O)[O-])ccc2n1. The van der Waals surface area contributed by atoms with Crippen molar-refractivity contribution in [1.29, 1.82) is 0 Å². The lowest BCUT2D eigenvalue weighted by atomic mass is 10.3. The van der Waals surface area contributed by atoms with Crippen molar-refractivity contribution >= 4 is 22.9 Å². The van der Waals surface area contributed by atoms with Crippen LogP contribution in [0, 0.1) is 10.1 Å². The van der Waals surface area contributed by atoms with Gasteiger partial charge in [0.2, 0.25) is 0 Å². The highest BCUT2D eigenvalue weighted by molar-refractivity contribution is 6.03. The van der Waals surface area contributed by atoms with Gasteiger partial charge >= 0.3 is 0 Å². The van der Waals surface area contributed by atoms with Crippen LogP contribution in [-0.2, 0) is 0 Å². The Morgan fingerprint density at radius 2 is 1.90 bits per heavy atom. The van der Waals surface area contributed by atoms with Gasteiger partial charge in [0.05, 0.1) is 11.1 Å². The van der Waals surface area contributed by atoms with Crippen LogP contribution in [0.3, 0.4) is 0 Å². The Bertz CT molecular complexity index is 827. The molecule has 0 atom stereocenters. The lowest BCUT2D eigenvalue weighted by Gasteiger charge is -2.01. The van der Waals surface area contributed by atoms with Crippen LogP contribution in [-0.4, -0.2) is 20.2 Å². The number of para-hydroxylation sites is 1. The zero-order valence-corrected chi connectivity index (χ0v) is 10.8. The highest BCUT2D eigenvalue weighted by Gasteiger charge is 2.13. The average molecular weight is 282 g/mol. The zero-order valence-electron chi connectivity index (χ0n) is 10.8. The molecule has 2 heterocycles. The molecule has 0 aliphatic rings. The molecule has 1 aromatic carbocycles. The maximum Gasteiger partial charge on any atom is 0.286 e. The van der Waals surface area contributed by atoms with E-state index in [2.05, 4.69) is 10.3 Å². The maximum absolute atomic E-state index is 12.1. The smallest absolute Gasteiger partial charge is 0.286 e. The van der Waals surface area contributed by atoms with Crippen molar-refractivity contribution in [2.45, 2.75) is 0 Å². The Balaban J connectivity index is 1.90. The first-order valence-electron chi connectivity index (χ1n) is 6.13. The number of hydrogen-bond donors (Lipinski definition) is 1. The van der Waals surface area contributed by atoms with Crippen molar-refractivity contribution < 1.29 is 9.72 Å². The number of imidazole rings is 1. The minimum atomic E-state index is -0.497. The van der Waals surface area contributed by atoms with E-state index in [0.29, 0.717) is 11.3 Å². The van der Waals surface area contributed by atoms with E-state index < -0.39 is 4.92 Å². The number of rotatable bonds is 3. The summed E-state index contributed by atoms with van der Waals surface area (Å²) in [5.41, 5.74) is 1.26. The number of nitrogens with zero attached hydrogens (tertiary/aromatic N) is 3. The Kier molecular flexibility index (Phi) is 3.07. The number of nitrogens with one attached hydrogen (secondary N) is 1. The summed E-state index contributed by atoms with van der Waals surface area (Å²) in [6.07, 6.45) is 2.78. The molecule has 0 unspecified atom stereocenters. The second-order valence-electron chi connectivity index (χ2n) is 4.36. The normalized spacial score (nSPS) is 10.5. The molecule has 3 aromatic rings. The number of benzene rings is 1. The highest BCUT2D eigenvalue weighted by Crippen LogP contribution is 2.14. The van der Waals surface area contributed by atoms with Gasteiger partial charge in [0.25, 0.3) is 11.6 Å².